The van der Waals surface area contributed by atoms with E-state index in [2.05, 4.69) is 10.3 Å². The molecule has 0 radical (unpaired) electrons. The number of anilines is 1. The molecule has 0 aliphatic rings. The Morgan fingerprint density at radius 2 is 1.88 bits per heavy atom. The predicted molar refractivity (Wildman–Crippen MR) is 102 cm³/mol. The van der Waals surface area contributed by atoms with E-state index in [1.165, 1.54) is 10.9 Å². The van der Waals surface area contributed by atoms with Crippen LogP contribution in [0.5, 0.6) is 5.75 Å². The molecule has 0 spiro atoms. The molecule has 3 rings (SSSR count). The molecule has 0 atom stereocenters. The van der Waals surface area contributed by atoms with Crippen LogP contribution in [0.3, 0.4) is 0 Å². The van der Waals surface area contributed by atoms with Crippen LogP contribution in [-0.4, -0.2) is 28.4 Å². The summed E-state index contributed by atoms with van der Waals surface area (Å²) in [5, 5.41) is 3.36. The quantitative estimate of drug-likeness (QED) is 0.751. The van der Waals surface area contributed by atoms with Gasteiger partial charge in [-0.3, -0.25) is 0 Å². The van der Waals surface area contributed by atoms with Gasteiger partial charge in [-0.05, 0) is 56.7 Å². The molecule has 1 N–H and O–H groups in total. The highest BCUT2D eigenvalue weighted by atomic mass is 16.6. The van der Waals surface area contributed by atoms with Crippen molar-refractivity contribution in [2.24, 2.45) is 0 Å². The Labute approximate surface area is 152 Å². The lowest BCUT2D eigenvalue weighted by Gasteiger charge is -2.19. The normalized spacial score (nSPS) is 11.4. The Hall–Kier alpha value is -3.02. The molecule has 0 saturated heterocycles. The number of fused-ring (bicyclic) bond motifs is 1. The summed E-state index contributed by atoms with van der Waals surface area (Å²) in [6.45, 7) is 6.20. The minimum atomic E-state index is -0.548. The number of carbonyl (C=O) groups is 1. The van der Waals surface area contributed by atoms with Crippen LogP contribution in [0.1, 0.15) is 26.3 Å². The molecule has 6 heteroatoms. The Morgan fingerprint density at radius 1 is 1.15 bits per heavy atom. The van der Waals surface area contributed by atoms with Gasteiger partial charge in [0, 0.05) is 12.2 Å². The van der Waals surface area contributed by atoms with Crippen LogP contribution in [0.4, 0.5) is 10.5 Å². The number of hydrogen-bond acceptors (Lipinski definition) is 5. The maximum absolute atomic E-state index is 12.3. The number of nitrogens with one attached hydrogen (secondary N) is 1. The molecule has 0 bridgehead atoms. The van der Waals surface area contributed by atoms with Crippen LogP contribution in [0.15, 0.2) is 48.8 Å². The van der Waals surface area contributed by atoms with Gasteiger partial charge >= 0.3 is 6.09 Å². The lowest BCUT2D eigenvalue weighted by Crippen LogP contribution is -2.26. The average Bonchev–Trinajstić information content (AvgIpc) is 3.02. The number of hydrogen-bond donors (Lipinski definition) is 1. The van der Waals surface area contributed by atoms with Crippen molar-refractivity contribution >= 4 is 22.8 Å². The van der Waals surface area contributed by atoms with E-state index >= 15 is 0 Å². The van der Waals surface area contributed by atoms with E-state index in [1.54, 1.807) is 7.11 Å². The molecule has 0 saturated carbocycles. The first-order valence-corrected chi connectivity index (χ1v) is 8.43. The Kier molecular flexibility index (Phi) is 4.84. The fourth-order valence-electron chi connectivity index (χ4n) is 2.53. The van der Waals surface area contributed by atoms with Crippen molar-refractivity contribution in [1.29, 1.82) is 0 Å². The smallest absolute Gasteiger partial charge is 0.420 e. The van der Waals surface area contributed by atoms with Crippen molar-refractivity contribution in [1.82, 2.24) is 9.55 Å². The van der Waals surface area contributed by atoms with Crippen LogP contribution >= 0.6 is 0 Å². The van der Waals surface area contributed by atoms with Gasteiger partial charge in [0.1, 0.15) is 17.7 Å². The van der Waals surface area contributed by atoms with E-state index in [4.69, 9.17) is 9.47 Å². The Morgan fingerprint density at radius 3 is 2.54 bits per heavy atom. The largest absolute Gasteiger partial charge is 0.497 e. The van der Waals surface area contributed by atoms with Gasteiger partial charge in [-0.25, -0.2) is 14.3 Å². The molecule has 1 heterocycles. The third-order valence-electron chi connectivity index (χ3n) is 3.79. The van der Waals surface area contributed by atoms with Gasteiger partial charge in [-0.2, -0.15) is 0 Å². The zero-order valence-electron chi connectivity index (χ0n) is 15.4. The second-order valence-electron chi connectivity index (χ2n) is 7.00. The van der Waals surface area contributed by atoms with Gasteiger partial charge in [-0.1, -0.05) is 12.1 Å². The van der Waals surface area contributed by atoms with Crippen LogP contribution in [0, 0.1) is 0 Å². The molecule has 0 aliphatic carbocycles. The lowest BCUT2D eigenvalue weighted by molar-refractivity contribution is 0.0543. The van der Waals surface area contributed by atoms with E-state index in [9.17, 15) is 4.79 Å². The standard InChI is InChI=1S/C20H23N3O3/c1-20(2,3)26-19(24)23-13-22-17-11-15(7-10-18(17)23)21-12-14-5-8-16(25-4)9-6-14/h5-11,13,21H,12H2,1-4H3. The summed E-state index contributed by atoms with van der Waals surface area (Å²) < 4.78 is 12.0. The molecule has 0 amide bonds. The molecule has 0 unspecified atom stereocenters. The second-order valence-corrected chi connectivity index (χ2v) is 7.00. The summed E-state index contributed by atoms with van der Waals surface area (Å²) in [6, 6.07) is 13.6. The monoisotopic (exact) mass is 353 g/mol. The molecule has 2 aromatic carbocycles. The summed E-state index contributed by atoms with van der Waals surface area (Å²) in [5.41, 5.74) is 2.98. The lowest BCUT2D eigenvalue weighted by atomic mass is 10.2. The van der Waals surface area contributed by atoms with E-state index in [-0.39, 0.29) is 0 Å². The Bertz CT molecular complexity index is 908. The van der Waals surface area contributed by atoms with Crippen molar-refractivity contribution in [2.45, 2.75) is 32.9 Å². The van der Waals surface area contributed by atoms with Gasteiger partial charge < -0.3 is 14.8 Å². The first-order valence-electron chi connectivity index (χ1n) is 8.43. The van der Waals surface area contributed by atoms with Crippen LogP contribution in [0.25, 0.3) is 11.0 Å². The van der Waals surface area contributed by atoms with Gasteiger partial charge in [0.25, 0.3) is 0 Å². The van der Waals surface area contributed by atoms with E-state index in [1.807, 2.05) is 63.2 Å². The minimum Gasteiger partial charge on any atom is -0.497 e. The Balaban J connectivity index is 1.72. The summed E-state index contributed by atoms with van der Waals surface area (Å²) in [7, 11) is 1.65. The number of rotatable bonds is 4. The molecular weight excluding hydrogens is 330 g/mol. The molecule has 26 heavy (non-hydrogen) atoms. The number of imidazole rings is 1. The summed E-state index contributed by atoms with van der Waals surface area (Å²) in [5.74, 6) is 0.836. The molecule has 0 aliphatic heterocycles. The topological polar surface area (TPSA) is 65.4 Å². The van der Waals surface area contributed by atoms with Gasteiger partial charge in [0.15, 0.2) is 0 Å². The zero-order chi connectivity index (χ0) is 18.7. The van der Waals surface area contributed by atoms with Crippen LogP contribution < -0.4 is 10.1 Å². The second kappa shape index (κ2) is 7.07. The number of ether oxygens (including phenoxy) is 2. The summed E-state index contributed by atoms with van der Waals surface area (Å²) in [4.78, 5) is 16.6. The zero-order valence-corrected chi connectivity index (χ0v) is 15.4. The molecular formula is C20H23N3O3. The number of aromatic nitrogens is 2. The van der Waals surface area contributed by atoms with Crippen molar-refractivity contribution in [3.8, 4) is 5.75 Å². The van der Waals surface area contributed by atoms with Gasteiger partial charge in [-0.15, -0.1) is 0 Å². The van der Waals surface area contributed by atoms with Crippen LogP contribution in [0.2, 0.25) is 0 Å². The number of methoxy groups -OCH3 is 1. The van der Waals surface area contributed by atoms with Crippen molar-refractivity contribution in [3.05, 3.63) is 54.4 Å². The first-order chi connectivity index (χ1) is 12.4. The molecule has 3 aromatic rings. The first kappa shape index (κ1) is 17.8. The van der Waals surface area contributed by atoms with E-state index < -0.39 is 11.7 Å². The van der Waals surface area contributed by atoms with Gasteiger partial charge in [0.2, 0.25) is 0 Å². The summed E-state index contributed by atoms with van der Waals surface area (Å²) in [6.07, 6.45) is 1.06. The molecule has 136 valence electrons. The fraction of sp³-hybridized carbons (Fsp3) is 0.300. The highest BCUT2D eigenvalue weighted by molar-refractivity contribution is 5.88. The van der Waals surface area contributed by atoms with Crippen molar-refractivity contribution in [3.63, 3.8) is 0 Å². The molecule has 6 nitrogen and oxygen atoms in total. The maximum atomic E-state index is 12.3. The summed E-state index contributed by atoms with van der Waals surface area (Å²) >= 11 is 0. The number of benzene rings is 2. The predicted octanol–water partition coefficient (Wildman–Crippen LogP) is 4.44. The number of carbonyl (C=O) groups excluding carboxylic acids is 1. The third-order valence-corrected chi connectivity index (χ3v) is 3.79. The third kappa shape index (κ3) is 4.14. The van der Waals surface area contributed by atoms with Crippen LogP contribution in [-0.2, 0) is 11.3 Å². The average molecular weight is 353 g/mol. The molecule has 1 aromatic heterocycles. The fourth-order valence-corrected chi connectivity index (χ4v) is 2.53. The van der Waals surface area contributed by atoms with E-state index in [0.29, 0.717) is 12.1 Å². The highest BCUT2D eigenvalue weighted by Crippen LogP contribution is 2.21. The highest BCUT2D eigenvalue weighted by Gasteiger charge is 2.19. The van der Waals surface area contributed by atoms with Crippen molar-refractivity contribution < 1.29 is 14.3 Å². The molecule has 0 fully saturated rings. The maximum Gasteiger partial charge on any atom is 0.420 e. The van der Waals surface area contributed by atoms with E-state index in [0.717, 1.165) is 22.5 Å². The van der Waals surface area contributed by atoms with Gasteiger partial charge in [0.05, 0.1) is 18.1 Å². The van der Waals surface area contributed by atoms with Crippen molar-refractivity contribution in [2.75, 3.05) is 12.4 Å². The number of nitrogens with zero attached hydrogens (tertiary/aromatic N) is 2. The SMILES string of the molecule is COc1ccc(CNc2ccc3c(c2)ncn3C(=O)OC(C)(C)C)cc1. The minimum absolute atomic E-state index is 0.432.